The van der Waals surface area contributed by atoms with Crippen molar-refractivity contribution in [2.75, 3.05) is 26.3 Å². The second-order valence-electron chi connectivity index (χ2n) is 2.45. The Morgan fingerprint density at radius 1 is 1.54 bits per heavy atom. The quantitative estimate of drug-likeness (QED) is 0.414. The molecule has 4 heteroatoms. The van der Waals surface area contributed by atoms with Gasteiger partial charge in [-0.25, -0.2) is 0 Å². The van der Waals surface area contributed by atoms with Crippen molar-refractivity contribution in [1.29, 1.82) is 0 Å². The molecule has 0 aliphatic carbocycles. The van der Waals surface area contributed by atoms with Crippen molar-refractivity contribution in [1.82, 2.24) is 5.32 Å². The first kappa shape index (κ1) is 11.9. The van der Waals surface area contributed by atoms with Gasteiger partial charge >= 0.3 is 0 Å². The molecule has 74 valence electrons. The summed E-state index contributed by atoms with van der Waals surface area (Å²) in [5, 5.41) is 3.11. The molecule has 0 aliphatic heterocycles. The Hall–Kier alpha value is -1.05. The van der Waals surface area contributed by atoms with Gasteiger partial charge in [-0.05, 0) is 6.92 Å². The van der Waals surface area contributed by atoms with E-state index >= 15 is 0 Å². The number of ether oxygens (including phenoxy) is 1. The predicted octanol–water partition coefficient (Wildman–Crippen LogP) is -0.509. The summed E-state index contributed by atoms with van der Waals surface area (Å²) in [6.45, 7) is 3.88. The minimum atomic E-state index is -0.433. The Morgan fingerprint density at radius 2 is 2.31 bits per heavy atom. The van der Waals surface area contributed by atoms with Crippen LogP contribution in [0.5, 0.6) is 0 Å². The lowest BCUT2D eigenvalue weighted by atomic mass is 10.4. The molecule has 0 unspecified atom stereocenters. The smallest absolute Gasteiger partial charge is 0.243 e. The molecule has 0 bridgehead atoms. The van der Waals surface area contributed by atoms with Crippen LogP contribution in [0.1, 0.15) is 13.3 Å². The minimum absolute atomic E-state index is 0.00353. The molecule has 0 saturated heterocycles. The van der Waals surface area contributed by atoms with E-state index in [0.717, 1.165) is 19.5 Å². The maximum Gasteiger partial charge on any atom is 0.243 e. The van der Waals surface area contributed by atoms with Crippen LogP contribution in [0, 0.1) is 11.8 Å². The summed E-state index contributed by atoms with van der Waals surface area (Å²) >= 11 is 0. The van der Waals surface area contributed by atoms with Gasteiger partial charge in [0, 0.05) is 19.5 Å². The summed E-state index contributed by atoms with van der Waals surface area (Å²) in [7, 11) is 0. The molecule has 0 radical (unpaired) electrons. The van der Waals surface area contributed by atoms with Gasteiger partial charge in [0.2, 0.25) is 5.91 Å². The Kier molecular flexibility index (Phi) is 8.31. The standard InChI is InChI=1S/C9H16N2O2/c1-2-3-4-5-11-6-7-13-8-9(10)12/h11H,4-8H2,1H3,(H2,10,12). The van der Waals surface area contributed by atoms with Gasteiger partial charge in [-0.15, -0.1) is 11.8 Å². The average molecular weight is 184 g/mol. The largest absolute Gasteiger partial charge is 0.370 e. The van der Waals surface area contributed by atoms with Crippen molar-refractivity contribution in [2.24, 2.45) is 5.73 Å². The maximum absolute atomic E-state index is 10.2. The van der Waals surface area contributed by atoms with E-state index in [1.807, 2.05) is 6.92 Å². The predicted molar refractivity (Wildman–Crippen MR) is 51.0 cm³/mol. The molecule has 0 aliphatic rings. The molecular formula is C9H16N2O2. The molecule has 0 aromatic carbocycles. The van der Waals surface area contributed by atoms with Crippen LogP contribution in [0.4, 0.5) is 0 Å². The summed E-state index contributed by atoms with van der Waals surface area (Å²) in [6.07, 6.45) is 0.840. The van der Waals surface area contributed by atoms with Crippen LogP contribution in [-0.4, -0.2) is 32.2 Å². The molecule has 0 fully saturated rings. The Labute approximate surface area is 78.8 Å². The third kappa shape index (κ3) is 10.9. The summed E-state index contributed by atoms with van der Waals surface area (Å²) < 4.78 is 4.93. The lowest BCUT2D eigenvalue weighted by molar-refractivity contribution is -0.122. The molecule has 1 amide bonds. The third-order valence-corrected chi connectivity index (χ3v) is 1.27. The first-order valence-corrected chi connectivity index (χ1v) is 4.23. The Bertz CT molecular complexity index is 194. The van der Waals surface area contributed by atoms with Crippen molar-refractivity contribution in [2.45, 2.75) is 13.3 Å². The van der Waals surface area contributed by atoms with E-state index in [-0.39, 0.29) is 6.61 Å². The van der Waals surface area contributed by atoms with Crippen LogP contribution in [0.15, 0.2) is 0 Å². The fraction of sp³-hybridized carbons (Fsp3) is 0.667. The Morgan fingerprint density at radius 3 is 2.92 bits per heavy atom. The fourth-order valence-electron chi connectivity index (χ4n) is 0.718. The first-order chi connectivity index (χ1) is 6.27. The van der Waals surface area contributed by atoms with Gasteiger partial charge in [0.15, 0.2) is 0 Å². The molecule has 0 aromatic heterocycles. The highest BCUT2D eigenvalue weighted by Gasteiger charge is 1.92. The van der Waals surface area contributed by atoms with Crippen molar-refractivity contribution < 1.29 is 9.53 Å². The summed E-state index contributed by atoms with van der Waals surface area (Å²) in [6, 6.07) is 0. The van der Waals surface area contributed by atoms with E-state index in [1.54, 1.807) is 0 Å². The molecule has 0 atom stereocenters. The van der Waals surface area contributed by atoms with Gasteiger partial charge < -0.3 is 15.8 Å². The van der Waals surface area contributed by atoms with E-state index in [9.17, 15) is 4.79 Å². The van der Waals surface area contributed by atoms with E-state index in [0.29, 0.717) is 6.61 Å². The molecule has 0 spiro atoms. The molecule has 0 aromatic rings. The number of carbonyl (C=O) groups is 1. The number of nitrogens with two attached hydrogens (primary N) is 1. The second kappa shape index (κ2) is 9.04. The van der Waals surface area contributed by atoms with Gasteiger partial charge in [-0.1, -0.05) is 0 Å². The van der Waals surface area contributed by atoms with Crippen LogP contribution in [0.2, 0.25) is 0 Å². The molecule has 0 heterocycles. The van der Waals surface area contributed by atoms with Gasteiger partial charge in [-0.3, -0.25) is 4.79 Å². The highest BCUT2D eigenvalue weighted by molar-refractivity contribution is 5.74. The van der Waals surface area contributed by atoms with Crippen molar-refractivity contribution >= 4 is 5.91 Å². The minimum Gasteiger partial charge on any atom is -0.370 e. The van der Waals surface area contributed by atoms with Crippen LogP contribution >= 0.6 is 0 Å². The van der Waals surface area contributed by atoms with Crippen LogP contribution in [0.3, 0.4) is 0 Å². The number of rotatable bonds is 7. The lowest BCUT2D eigenvalue weighted by Gasteiger charge is -2.02. The monoisotopic (exact) mass is 184 g/mol. The number of primary amides is 1. The fourth-order valence-corrected chi connectivity index (χ4v) is 0.718. The maximum atomic E-state index is 10.2. The van der Waals surface area contributed by atoms with Crippen LogP contribution in [-0.2, 0) is 9.53 Å². The molecule has 3 N–H and O–H groups in total. The van der Waals surface area contributed by atoms with E-state index in [2.05, 4.69) is 17.2 Å². The van der Waals surface area contributed by atoms with Crippen molar-refractivity contribution in [3.8, 4) is 11.8 Å². The summed E-state index contributed by atoms with van der Waals surface area (Å²) in [4.78, 5) is 10.2. The number of hydrogen-bond acceptors (Lipinski definition) is 3. The average Bonchev–Trinajstić information content (AvgIpc) is 2.09. The van der Waals surface area contributed by atoms with E-state index in [1.165, 1.54) is 0 Å². The molecular weight excluding hydrogens is 168 g/mol. The lowest BCUT2D eigenvalue weighted by Crippen LogP contribution is -2.24. The summed E-state index contributed by atoms with van der Waals surface area (Å²) in [5.74, 6) is 5.30. The van der Waals surface area contributed by atoms with Crippen molar-refractivity contribution in [3.05, 3.63) is 0 Å². The van der Waals surface area contributed by atoms with Gasteiger partial charge in [-0.2, -0.15) is 0 Å². The molecule has 4 nitrogen and oxygen atoms in total. The van der Waals surface area contributed by atoms with Gasteiger partial charge in [0.1, 0.15) is 6.61 Å². The summed E-state index contributed by atoms with van der Waals surface area (Å²) in [5.41, 5.74) is 4.87. The second-order valence-corrected chi connectivity index (χ2v) is 2.45. The zero-order valence-corrected chi connectivity index (χ0v) is 7.93. The molecule has 0 saturated carbocycles. The number of amides is 1. The van der Waals surface area contributed by atoms with E-state index in [4.69, 9.17) is 10.5 Å². The van der Waals surface area contributed by atoms with Crippen molar-refractivity contribution in [3.63, 3.8) is 0 Å². The van der Waals surface area contributed by atoms with Crippen LogP contribution in [0.25, 0.3) is 0 Å². The molecule has 0 rings (SSSR count). The highest BCUT2D eigenvalue weighted by atomic mass is 16.5. The number of nitrogens with one attached hydrogen (secondary N) is 1. The van der Waals surface area contributed by atoms with Gasteiger partial charge in [0.05, 0.1) is 6.61 Å². The Balaban J connectivity index is 2.98. The number of hydrogen-bond donors (Lipinski definition) is 2. The van der Waals surface area contributed by atoms with Crippen LogP contribution < -0.4 is 11.1 Å². The zero-order valence-electron chi connectivity index (χ0n) is 7.93. The number of carbonyl (C=O) groups excluding carboxylic acids is 1. The molecule has 13 heavy (non-hydrogen) atoms. The normalized spacial score (nSPS) is 9.00. The third-order valence-electron chi connectivity index (χ3n) is 1.27. The zero-order chi connectivity index (χ0) is 9.94. The van der Waals surface area contributed by atoms with E-state index < -0.39 is 5.91 Å². The SMILES string of the molecule is CC#CCCNCCOCC(N)=O. The van der Waals surface area contributed by atoms with Gasteiger partial charge in [0.25, 0.3) is 0 Å². The first-order valence-electron chi connectivity index (χ1n) is 4.23. The topological polar surface area (TPSA) is 64.3 Å². The highest BCUT2D eigenvalue weighted by Crippen LogP contribution is 1.74.